The Balaban J connectivity index is 2.23. The lowest BCUT2D eigenvalue weighted by atomic mass is 9.97. The van der Waals surface area contributed by atoms with Crippen molar-refractivity contribution in [3.8, 4) is 0 Å². The number of amides is 1. The molecule has 1 atom stereocenters. The number of nitrogens with one attached hydrogen (secondary N) is 1. The monoisotopic (exact) mass is 226 g/mol. The van der Waals surface area contributed by atoms with Crippen LogP contribution in [-0.4, -0.2) is 37.5 Å². The number of hydrogen-bond acceptors (Lipinski definition) is 2. The highest BCUT2D eigenvalue weighted by atomic mass is 16.2. The number of rotatable bonds is 5. The first-order valence-electron chi connectivity index (χ1n) is 6.55. The average molecular weight is 226 g/mol. The summed E-state index contributed by atoms with van der Waals surface area (Å²) >= 11 is 0. The highest BCUT2D eigenvalue weighted by molar-refractivity contribution is 5.76. The van der Waals surface area contributed by atoms with Gasteiger partial charge in [0.15, 0.2) is 0 Å². The van der Waals surface area contributed by atoms with E-state index in [0.29, 0.717) is 11.8 Å². The molecular formula is C13H26N2O. The molecule has 1 saturated heterocycles. The predicted octanol–water partition coefficient (Wildman–Crippen LogP) is 1.88. The highest BCUT2D eigenvalue weighted by Crippen LogP contribution is 2.18. The Labute approximate surface area is 99.6 Å². The summed E-state index contributed by atoms with van der Waals surface area (Å²) in [5.74, 6) is 1.65. The molecule has 1 amide bonds. The number of nitrogens with zero attached hydrogens (tertiary/aromatic N) is 1. The molecule has 1 N–H and O–H groups in total. The minimum atomic E-state index is 0.357. The number of carbonyl (C=O) groups is 1. The van der Waals surface area contributed by atoms with E-state index in [1.807, 2.05) is 7.05 Å². The molecule has 1 heterocycles. The van der Waals surface area contributed by atoms with Crippen molar-refractivity contribution in [2.45, 2.75) is 39.5 Å². The fourth-order valence-corrected chi connectivity index (χ4v) is 2.18. The first-order valence-corrected chi connectivity index (χ1v) is 6.55. The van der Waals surface area contributed by atoms with Crippen molar-refractivity contribution in [2.75, 3.05) is 26.7 Å². The molecule has 3 heteroatoms. The maximum atomic E-state index is 12.0. The van der Waals surface area contributed by atoms with Gasteiger partial charge in [-0.15, -0.1) is 0 Å². The predicted molar refractivity (Wildman–Crippen MR) is 67.3 cm³/mol. The van der Waals surface area contributed by atoms with Crippen molar-refractivity contribution in [3.63, 3.8) is 0 Å². The van der Waals surface area contributed by atoms with E-state index in [-0.39, 0.29) is 0 Å². The second kappa shape index (κ2) is 6.89. The third-order valence-corrected chi connectivity index (χ3v) is 3.55. The van der Waals surface area contributed by atoms with Gasteiger partial charge in [-0.05, 0) is 44.7 Å². The van der Waals surface area contributed by atoms with E-state index in [2.05, 4.69) is 24.1 Å². The lowest BCUT2D eigenvalue weighted by molar-refractivity contribution is -0.133. The molecule has 0 bridgehead atoms. The maximum absolute atomic E-state index is 12.0. The summed E-state index contributed by atoms with van der Waals surface area (Å²) in [7, 11) is 1.96. The third kappa shape index (κ3) is 4.52. The van der Waals surface area contributed by atoms with E-state index in [1.165, 1.54) is 12.8 Å². The Morgan fingerprint density at radius 2 is 2.06 bits per heavy atom. The molecule has 1 aliphatic rings. The van der Waals surface area contributed by atoms with Crippen LogP contribution in [0.25, 0.3) is 0 Å². The van der Waals surface area contributed by atoms with E-state index >= 15 is 0 Å². The van der Waals surface area contributed by atoms with E-state index in [9.17, 15) is 4.79 Å². The van der Waals surface area contributed by atoms with Crippen molar-refractivity contribution in [3.05, 3.63) is 0 Å². The van der Waals surface area contributed by atoms with Crippen LogP contribution >= 0.6 is 0 Å². The Morgan fingerprint density at radius 1 is 1.44 bits per heavy atom. The molecule has 1 rings (SSSR count). The van der Waals surface area contributed by atoms with E-state index in [1.54, 1.807) is 0 Å². The SMILES string of the molecule is CNCCC(C)CC(=O)N1CCC(C)CC1. The number of carbonyl (C=O) groups excluding carboxylic acids is 1. The lowest BCUT2D eigenvalue weighted by Gasteiger charge is -2.31. The van der Waals surface area contributed by atoms with Gasteiger partial charge in [0.25, 0.3) is 0 Å². The molecular weight excluding hydrogens is 200 g/mol. The van der Waals surface area contributed by atoms with Gasteiger partial charge in [0, 0.05) is 19.5 Å². The van der Waals surface area contributed by atoms with E-state index < -0.39 is 0 Å². The summed E-state index contributed by atoms with van der Waals surface area (Å²) in [5, 5.41) is 3.13. The summed E-state index contributed by atoms with van der Waals surface area (Å²) in [6, 6.07) is 0. The normalized spacial score (nSPS) is 19.8. The maximum Gasteiger partial charge on any atom is 0.222 e. The van der Waals surface area contributed by atoms with Crippen LogP contribution < -0.4 is 5.32 Å². The van der Waals surface area contributed by atoms with Gasteiger partial charge in [-0.1, -0.05) is 13.8 Å². The second-order valence-corrected chi connectivity index (χ2v) is 5.26. The topological polar surface area (TPSA) is 32.3 Å². The Hall–Kier alpha value is -0.570. The quantitative estimate of drug-likeness (QED) is 0.776. The zero-order valence-electron chi connectivity index (χ0n) is 11.0. The van der Waals surface area contributed by atoms with Gasteiger partial charge >= 0.3 is 0 Å². The van der Waals surface area contributed by atoms with Crippen LogP contribution in [0.3, 0.4) is 0 Å². The fraction of sp³-hybridized carbons (Fsp3) is 0.923. The molecule has 0 spiro atoms. The van der Waals surface area contributed by atoms with Crippen LogP contribution in [0, 0.1) is 11.8 Å². The molecule has 1 unspecified atom stereocenters. The molecule has 0 aromatic rings. The van der Waals surface area contributed by atoms with Gasteiger partial charge in [-0.25, -0.2) is 0 Å². The van der Waals surface area contributed by atoms with Crippen molar-refractivity contribution >= 4 is 5.91 Å². The number of hydrogen-bond donors (Lipinski definition) is 1. The van der Waals surface area contributed by atoms with Gasteiger partial charge < -0.3 is 10.2 Å². The molecule has 1 fully saturated rings. The minimum Gasteiger partial charge on any atom is -0.343 e. The van der Waals surface area contributed by atoms with Crippen molar-refractivity contribution in [2.24, 2.45) is 11.8 Å². The molecule has 0 aromatic heterocycles. The third-order valence-electron chi connectivity index (χ3n) is 3.55. The van der Waals surface area contributed by atoms with Crippen molar-refractivity contribution in [1.82, 2.24) is 10.2 Å². The molecule has 94 valence electrons. The highest BCUT2D eigenvalue weighted by Gasteiger charge is 2.21. The first kappa shape index (κ1) is 13.5. The zero-order valence-corrected chi connectivity index (χ0v) is 11.0. The summed E-state index contributed by atoms with van der Waals surface area (Å²) < 4.78 is 0. The van der Waals surface area contributed by atoms with Crippen LogP contribution in [0.4, 0.5) is 0 Å². The zero-order chi connectivity index (χ0) is 12.0. The second-order valence-electron chi connectivity index (χ2n) is 5.26. The number of likely N-dealkylation sites (tertiary alicyclic amines) is 1. The van der Waals surface area contributed by atoms with E-state index in [4.69, 9.17) is 0 Å². The van der Waals surface area contributed by atoms with Crippen LogP contribution in [0.15, 0.2) is 0 Å². The smallest absolute Gasteiger partial charge is 0.222 e. The number of piperidine rings is 1. The van der Waals surface area contributed by atoms with Crippen LogP contribution in [0.1, 0.15) is 39.5 Å². The van der Waals surface area contributed by atoms with Crippen LogP contribution in [0.2, 0.25) is 0 Å². The van der Waals surface area contributed by atoms with Crippen molar-refractivity contribution < 1.29 is 4.79 Å². The Bertz CT molecular complexity index is 210. The molecule has 16 heavy (non-hydrogen) atoms. The van der Waals surface area contributed by atoms with Gasteiger partial charge in [0.2, 0.25) is 5.91 Å². The summed E-state index contributed by atoms with van der Waals surface area (Å²) in [6.07, 6.45) is 4.16. The molecule has 0 radical (unpaired) electrons. The minimum absolute atomic E-state index is 0.357. The van der Waals surface area contributed by atoms with Gasteiger partial charge in [-0.3, -0.25) is 4.79 Å². The standard InChI is InChI=1S/C13H26N2O/c1-11-5-8-15(9-6-11)13(16)10-12(2)4-7-14-3/h11-12,14H,4-10H2,1-3H3. The van der Waals surface area contributed by atoms with Gasteiger partial charge in [-0.2, -0.15) is 0 Å². The largest absolute Gasteiger partial charge is 0.343 e. The molecule has 0 aliphatic carbocycles. The summed E-state index contributed by atoms with van der Waals surface area (Å²) in [4.78, 5) is 14.0. The van der Waals surface area contributed by atoms with E-state index in [0.717, 1.165) is 38.4 Å². The average Bonchev–Trinajstić information content (AvgIpc) is 2.27. The lowest BCUT2D eigenvalue weighted by Crippen LogP contribution is -2.38. The Morgan fingerprint density at radius 3 is 2.62 bits per heavy atom. The fourth-order valence-electron chi connectivity index (χ4n) is 2.18. The van der Waals surface area contributed by atoms with Crippen LogP contribution in [-0.2, 0) is 4.79 Å². The summed E-state index contributed by atoms with van der Waals surface area (Å²) in [5.41, 5.74) is 0. The van der Waals surface area contributed by atoms with Gasteiger partial charge in [0.1, 0.15) is 0 Å². The Kier molecular flexibility index (Phi) is 5.81. The molecule has 0 saturated carbocycles. The summed E-state index contributed by atoms with van der Waals surface area (Å²) in [6.45, 7) is 7.39. The van der Waals surface area contributed by atoms with Crippen LogP contribution in [0.5, 0.6) is 0 Å². The first-order chi connectivity index (χ1) is 7.63. The molecule has 1 aliphatic heterocycles. The molecule has 0 aromatic carbocycles. The molecule has 3 nitrogen and oxygen atoms in total. The van der Waals surface area contributed by atoms with Gasteiger partial charge in [0.05, 0.1) is 0 Å². The van der Waals surface area contributed by atoms with Crippen molar-refractivity contribution in [1.29, 1.82) is 0 Å².